The van der Waals surface area contributed by atoms with Crippen molar-refractivity contribution in [1.82, 2.24) is 4.90 Å². The van der Waals surface area contributed by atoms with E-state index >= 15 is 0 Å². The summed E-state index contributed by atoms with van der Waals surface area (Å²) in [7, 11) is 0. The molecule has 0 aromatic heterocycles. The summed E-state index contributed by atoms with van der Waals surface area (Å²) in [6.07, 6.45) is -3.22. The quantitative estimate of drug-likeness (QED) is 0.723. The van der Waals surface area contributed by atoms with Crippen molar-refractivity contribution in [2.75, 3.05) is 6.54 Å². The molecule has 7 heteroatoms. The monoisotopic (exact) mass is 360 g/mol. The van der Waals surface area contributed by atoms with Crippen LogP contribution in [-0.4, -0.2) is 23.7 Å². The topological polar surface area (TPSA) is 53.3 Å². The second kappa shape index (κ2) is 8.21. The summed E-state index contributed by atoms with van der Waals surface area (Å²) in [5.74, 6) is -0.746. The second-order valence-electron chi connectivity index (χ2n) is 5.36. The summed E-state index contributed by atoms with van der Waals surface area (Å²) in [5, 5.41) is 8.82. The maximum atomic E-state index is 12.6. The van der Waals surface area contributed by atoms with Gasteiger partial charge in [0.25, 0.3) is 5.91 Å². The fourth-order valence-electron chi connectivity index (χ4n) is 2.26. The van der Waals surface area contributed by atoms with Crippen molar-refractivity contribution in [3.8, 4) is 11.8 Å². The summed E-state index contributed by atoms with van der Waals surface area (Å²) in [6.45, 7) is 4.16. The van der Waals surface area contributed by atoms with Crippen molar-refractivity contribution < 1.29 is 22.7 Å². The zero-order chi connectivity index (χ0) is 19.2. The summed E-state index contributed by atoms with van der Waals surface area (Å²) in [5.41, 5.74) is 1.56. The molecule has 0 fully saturated rings. The van der Waals surface area contributed by atoms with Crippen LogP contribution >= 0.6 is 0 Å². The van der Waals surface area contributed by atoms with Gasteiger partial charge in [-0.1, -0.05) is 18.2 Å². The molecule has 0 spiro atoms. The highest BCUT2D eigenvalue weighted by Crippen LogP contribution is 2.23. The van der Waals surface area contributed by atoms with Gasteiger partial charge in [0.15, 0.2) is 0 Å². The highest BCUT2D eigenvalue weighted by Gasteiger charge is 2.31. The van der Waals surface area contributed by atoms with Crippen molar-refractivity contribution >= 4 is 5.91 Å². The van der Waals surface area contributed by atoms with E-state index in [4.69, 9.17) is 5.26 Å². The van der Waals surface area contributed by atoms with E-state index in [0.29, 0.717) is 5.56 Å². The van der Waals surface area contributed by atoms with Gasteiger partial charge in [-0.05, 0) is 42.0 Å². The summed E-state index contributed by atoms with van der Waals surface area (Å²) in [6, 6.07) is 13.5. The maximum Gasteiger partial charge on any atom is 0.573 e. The molecule has 0 saturated heterocycles. The first kappa shape index (κ1) is 19.1. The zero-order valence-corrected chi connectivity index (χ0v) is 13.7. The van der Waals surface area contributed by atoms with Gasteiger partial charge in [0.05, 0.1) is 11.6 Å². The van der Waals surface area contributed by atoms with Crippen LogP contribution in [0.5, 0.6) is 5.75 Å². The van der Waals surface area contributed by atoms with Crippen LogP contribution in [0, 0.1) is 11.3 Å². The number of nitrogens with zero attached hydrogens (tertiary/aromatic N) is 2. The molecule has 2 rings (SSSR count). The highest BCUT2D eigenvalue weighted by atomic mass is 19.4. The number of halogens is 3. The van der Waals surface area contributed by atoms with Crippen molar-refractivity contribution in [1.29, 1.82) is 5.26 Å². The number of benzene rings is 2. The van der Waals surface area contributed by atoms with E-state index in [0.717, 1.165) is 17.7 Å². The van der Waals surface area contributed by atoms with Crippen molar-refractivity contribution in [3.05, 3.63) is 77.9 Å². The SMILES string of the molecule is C=CCN(Cc1ccc(C#N)cc1)C(=O)c1ccc(OC(F)(F)F)cc1. The average molecular weight is 360 g/mol. The second-order valence-corrected chi connectivity index (χ2v) is 5.36. The molecule has 0 aliphatic rings. The lowest BCUT2D eigenvalue weighted by Crippen LogP contribution is -2.30. The number of amides is 1. The molecule has 4 nitrogen and oxygen atoms in total. The number of nitriles is 1. The Morgan fingerprint density at radius 1 is 1.15 bits per heavy atom. The normalized spacial score (nSPS) is 10.7. The molecule has 0 atom stereocenters. The Morgan fingerprint density at radius 3 is 2.27 bits per heavy atom. The Kier molecular flexibility index (Phi) is 6.02. The number of carbonyl (C=O) groups excluding carboxylic acids is 1. The number of carbonyl (C=O) groups is 1. The predicted molar refractivity (Wildman–Crippen MR) is 89.2 cm³/mol. The van der Waals surface area contributed by atoms with Gasteiger partial charge >= 0.3 is 6.36 Å². The smallest absolute Gasteiger partial charge is 0.406 e. The zero-order valence-electron chi connectivity index (χ0n) is 13.7. The molecule has 134 valence electrons. The molecule has 2 aromatic carbocycles. The molecule has 2 aromatic rings. The van der Waals surface area contributed by atoms with Crippen molar-refractivity contribution in [3.63, 3.8) is 0 Å². The molecule has 0 aliphatic heterocycles. The Morgan fingerprint density at radius 2 is 1.77 bits per heavy atom. The number of hydrogen-bond acceptors (Lipinski definition) is 3. The van der Waals surface area contributed by atoms with E-state index < -0.39 is 12.1 Å². The van der Waals surface area contributed by atoms with Crippen molar-refractivity contribution in [2.24, 2.45) is 0 Å². The lowest BCUT2D eigenvalue weighted by Gasteiger charge is -2.21. The summed E-state index contributed by atoms with van der Waals surface area (Å²) >= 11 is 0. The van der Waals surface area contributed by atoms with Gasteiger partial charge in [-0.25, -0.2) is 0 Å². The van der Waals surface area contributed by atoms with Gasteiger partial charge < -0.3 is 9.64 Å². The maximum absolute atomic E-state index is 12.6. The van der Waals surface area contributed by atoms with E-state index in [2.05, 4.69) is 11.3 Å². The number of hydrogen-bond donors (Lipinski definition) is 0. The van der Waals surface area contributed by atoms with E-state index in [-0.39, 0.29) is 24.6 Å². The molecular formula is C19H15F3N2O2. The molecule has 0 N–H and O–H groups in total. The van der Waals surface area contributed by atoms with Crippen LogP contribution in [0.25, 0.3) is 0 Å². The minimum absolute atomic E-state index is 0.231. The highest BCUT2D eigenvalue weighted by molar-refractivity contribution is 5.94. The van der Waals surface area contributed by atoms with Gasteiger partial charge in [-0.15, -0.1) is 19.8 Å². The number of alkyl halides is 3. The molecule has 0 saturated carbocycles. The van der Waals surface area contributed by atoms with Gasteiger partial charge in [0.2, 0.25) is 0 Å². The Balaban J connectivity index is 2.14. The molecule has 26 heavy (non-hydrogen) atoms. The molecule has 0 unspecified atom stereocenters. The van der Waals surface area contributed by atoms with E-state index in [1.165, 1.54) is 17.0 Å². The lowest BCUT2D eigenvalue weighted by molar-refractivity contribution is -0.274. The van der Waals surface area contributed by atoms with E-state index in [1.54, 1.807) is 30.3 Å². The number of ether oxygens (including phenoxy) is 1. The molecular weight excluding hydrogens is 345 g/mol. The first-order valence-corrected chi connectivity index (χ1v) is 7.57. The fraction of sp³-hybridized carbons (Fsp3) is 0.158. The summed E-state index contributed by atoms with van der Waals surface area (Å²) in [4.78, 5) is 14.1. The van der Waals surface area contributed by atoms with Crippen molar-refractivity contribution in [2.45, 2.75) is 12.9 Å². The van der Waals surface area contributed by atoms with Gasteiger partial charge in [0.1, 0.15) is 5.75 Å². The molecule has 0 bridgehead atoms. The van der Waals surface area contributed by atoms with Crippen LogP contribution < -0.4 is 4.74 Å². The summed E-state index contributed by atoms with van der Waals surface area (Å²) < 4.78 is 40.4. The molecule has 0 radical (unpaired) electrons. The van der Waals surface area contributed by atoms with Gasteiger partial charge in [0, 0.05) is 18.7 Å². The minimum atomic E-state index is -4.78. The predicted octanol–water partition coefficient (Wildman–Crippen LogP) is 4.29. The Bertz CT molecular complexity index is 807. The van der Waals surface area contributed by atoms with Crippen LogP contribution in [-0.2, 0) is 6.54 Å². The Hall–Kier alpha value is -3.27. The molecule has 1 amide bonds. The first-order valence-electron chi connectivity index (χ1n) is 7.57. The van der Waals surface area contributed by atoms with Crippen LogP contribution in [0.15, 0.2) is 61.2 Å². The van der Waals surface area contributed by atoms with Gasteiger partial charge in [-0.2, -0.15) is 5.26 Å². The lowest BCUT2D eigenvalue weighted by atomic mass is 10.1. The third kappa shape index (κ3) is 5.38. The van der Waals surface area contributed by atoms with Crippen LogP contribution in [0.1, 0.15) is 21.5 Å². The van der Waals surface area contributed by atoms with Crippen LogP contribution in [0.4, 0.5) is 13.2 Å². The van der Waals surface area contributed by atoms with Crippen LogP contribution in [0.2, 0.25) is 0 Å². The minimum Gasteiger partial charge on any atom is -0.406 e. The third-order valence-electron chi connectivity index (χ3n) is 3.43. The van der Waals surface area contributed by atoms with Gasteiger partial charge in [-0.3, -0.25) is 4.79 Å². The fourth-order valence-corrected chi connectivity index (χ4v) is 2.26. The molecule has 0 aliphatic carbocycles. The van der Waals surface area contributed by atoms with E-state index in [1.807, 2.05) is 6.07 Å². The number of rotatable bonds is 6. The van der Waals surface area contributed by atoms with E-state index in [9.17, 15) is 18.0 Å². The standard InChI is InChI=1S/C19H15F3N2O2/c1-2-11-24(13-15-5-3-14(12-23)4-6-15)18(25)16-7-9-17(10-8-16)26-19(20,21)22/h2-10H,1,11,13H2. The van der Waals surface area contributed by atoms with Crippen LogP contribution in [0.3, 0.4) is 0 Å². The largest absolute Gasteiger partial charge is 0.573 e. The average Bonchev–Trinajstić information content (AvgIpc) is 2.61. The third-order valence-corrected chi connectivity index (χ3v) is 3.43. The molecule has 0 heterocycles. The first-order chi connectivity index (χ1) is 12.3. The Labute approximate surface area is 148 Å².